The third-order valence-electron chi connectivity index (χ3n) is 3.32. The smallest absolute Gasteiger partial charge is 0.296 e. The topological polar surface area (TPSA) is 94.9 Å². The number of aromatic nitrogens is 3. The molecule has 1 aliphatic rings. The molecule has 20 heavy (non-hydrogen) atoms. The van der Waals surface area contributed by atoms with Crippen LogP contribution in [-0.2, 0) is 6.54 Å². The minimum Gasteiger partial charge on any atom is -0.296 e. The van der Waals surface area contributed by atoms with E-state index in [-0.39, 0.29) is 11.4 Å². The second kappa shape index (κ2) is 4.93. The molecular weight excluding hydrogens is 258 g/mol. The number of carbonyl (C=O) groups excluding carboxylic acids is 1. The minimum absolute atomic E-state index is 0.0389. The van der Waals surface area contributed by atoms with Crippen molar-refractivity contribution in [2.24, 2.45) is 5.84 Å². The fourth-order valence-corrected chi connectivity index (χ4v) is 2.12. The van der Waals surface area contributed by atoms with E-state index in [1.165, 1.54) is 0 Å². The van der Waals surface area contributed by atoms with Crippen LogP contribution < -0.4 is 17.0 Å². The Labute approximate surface area is 115 Å². The summed E-state index contributed by atoms with van der Waals surface area (Å²) in [7, 11) is 0. The molecule has 7 nitrogen and oxygen atoms in total. The lowest BCUT2D eigenvalue weighted by Crippen LogP contribution is -2.31. The highest BCUT2D eigenvalue weighted by atomic mass is 16.2. The molecule has 0 spiro atoms. The van der Waals surface area contributed by atoms with Gasteiger partial charge in [0, 0.05) is 18.4 Å². The zero-order valence-electron chi connectivity index (χ0n) is 10.8. The second-order valence-corrected chi connectivity index (χ2v) is 4.83. The van der Waals surface area contributed by atoms with Gasteiger partial charge in [0.2, 0.25) is 0 Å². The molecule has 7 heteroatoms. The first-order valence-electron chi connectivity index (χ1n) is 6.43. The number of imidazole rings is 1. The predicted molar refractivity (Wildman–Crippen MR) is 72.0 cm³/mol. The molecule has 0 saturated heterocycles. The Morgan fingerprint density at radius 2 is 2.20 bits per heavy atom. The average molecular weight is 273 g/mol. The Bertz CT molecular complexity index is 699. The maximum absolute atomic E-state index is 12.1. The van der Waals surface area contributed by atoms with Crippen LogP contribution >= 0.6 is 0 Å². The van der Waals surface area contributed by atoms with Gasteiger partial charge in [-0.25, -0.2) is 15.6 Å². The molecule has 1 amide bonds. The molecule has 3 N–H and O–H groups in total. The van der Waals surface area contributed by atoms with Gasteiger partial charge in [0.15, 0.2) is 0 Å². The number of amides is 1. The fourth-order valence-electron chi connectivity index (χ4n) is 2.12. The van der Waals surface area contributed by atoms with Crippen LogP contribution in [-0.4, -0.2) is 20.0 Å². The van der Waals surface area contributed by atoms with E-state index in [0.717, 1.165) is 12.8 Å². The molecule has 0 aromatic carbocycles. The highest BCUT2D eigenvalue weighted by Crippen LogP contribution is 2.33. The van der Waals surface area contributed by atoms with Crippen LogP contribution in [0, 0.1) is 0 Å². The van der Waals surface area contributed by atoms with Gasteiger partial charge in [-0.05, 0) is 25.0 Å². The number of pyridine rings is 1. The van der Waals surface area contributed by atoms with Crippen molar-refractivity contribution < 1.29 is 4.79 Å². The molecule has 1 saturated carbocycles. The number of nitrogen functional groups attached to an aromatic ring is 1. The van der Waals surface area contributed by atoms with Gasteiger partial charge in [0.25, 0.3) is 5.91 Å². The van der Waals surface area contributed by atoms with E-state index >= 15 is 0 Å². The SMILES string of the molecule is NNC(=O)c1cccc(Cn2ccn(C3CC3)c2=O)n1. The van der Waals surface area contributed by atoms with Gasteiger partial charge >= 0.3 is 5.69 Å². The van der Waals surface area contributed by atoms with Crippen LogP contribution in [0.2, 0.25) is 0 Å². The number of carbonyl (C=O) groups is 1. The van der Waals surface area contributed by atoms with E-state index < -0.39 is 5.91 Å². The van der Waals surface area contributed by atoms with Gasteiger partial charge in [-0.2, -0.15) is 0 Å². The molecule has 2 aromatic heterocycles. The number of hydrazine groups is 1. The summed E-state index contributed by atoms with van der Waals surface area (Å²) in [6.07, 6.45) is 5.68. The summed E-state index contributed by atoms with van der Waals surface area (Å²) < 4.78 is 3.33. The van der Waals surface area contributed by atoms with E-state index in [1.54, 1.807) is 39.7 Å². The Morgan fingerprint density at radius 3 is 2.90 bits per heavy atom. The number of nitrogens with two attached hydrogens (primary N) is 1. The Balaban J connectivity index is 1.84. The summed E-state index contributed by atoms with van der Waals surface area (Å²) in [4.78, 5) is 27.7. The molecule has 2 aromatic rings. The summed E-state index contributed by atoms with van der Waals surface area (Å²) in [6, 6.07) is 5.42. The van der Waals surface area contributed by atoms with E-state index in [2.05, 4.69) is 4.98 Å². The van der Waals surface area contributed by atoms with E-state index in [4.69, 9.17) is 5.84 Å². The van der Waals surface area contributed by atoms with Gasteiger partial charge in [-0.1, -0.05) is 6.07 Å². The minimum atomic E-state index is -0.449. The molecule has 1 fully saturated rings. The van der Waals surface area contributed by atoms with E-state index in [9.17, 15) is 9.59 Å². The zero-order chi connectivity index (χ0) is 14.1. The maximum Gasteiger partial charge on any atom is 0.328 e. The summed E-state index contributed by atoms with van der Waals surface area (Å²) in [5.41, 5.74) is 2.87. The summed E-state index contributed by atoms with van der Waals surface area (Å²) in [6.45, 7) is 0.338. The summed E-state index contributed by atoms with van der Waals surface area (Å²) in [5.74, 6) is 4.63. The van der Waals surface area contributed by atoms with Crippen molar-refractivity contribution in [1.82, 2.24) is 19.5 Å². The highest BCUT2D eigenvalue weighted by molar-refractivity contribution is 5.91. The molecular formula is C13H15N5O2. The van der Waals surface area contributed by atoms with Crippen LogP contribution in [0.3, 0.4) is 0 Å². The largest absolute Gasteiger partial charge is 0.328 e. The van der Waals surface area contributed by atoms with Crippen molar-refractivity contribution in [2.45, 2.75) is 25.4 Å². The average Bonchev–Trinajstić information content (AvgIpc) is 3.25. The molecule has 0 atom stereocenters. The highest BCUT2D eigenvalue weighted by Gasteiger charge is 2.25. The zero-order valence-corrected chi connectivity index (χ0v) is 10.8. The number of nitrogens with zero attached hydrogens (tertiary/aromatic N) is 3. The van der Waals surface area contributed by atoms with Crippen molar-refractivity contribution >= 4 is 5.91 Å². The normalized spacial score (nSPS) is 14.2. The number of hydrogen-bond donors (Lipinski definition) is 2. The molecule has 0 aliphatic heterocycles. The standard InChI is InChI=1S/C13H15N5O2/c14-16-12(19)11-3-1-2-9(15-11)8-17-6-7-18(13(17)20)10-4-5-10/h1-3,6-7,10H,4-5,8,14H2,(H,16,19). The molecule has 104 valence electrons. The van der Waals surface area contributed by atoms with Crippen LogP contribution in [0.5, 0.6) is 0 Å². The third kappa shape index (κ3) is 2.35. The Morgan fingerprint density at radius 1 is 1.40 bits per heavy atom. The van der Waals surface area contributed by atoms with E-state index in [0.29, 0.717) is 18.3 Å². The van der Waals surface area contributed by atoms with Gasteiger partial charge in [0.1, 0.15) is 5.69 Å². The van der Waals surface area contributed by atoms with Crippen molar-refractivity contribution in [2.75, 3.05) is 0 Å². The van der Waals surface area contributed by atoms with Crippen molar-refractivity contribution in [3.05, 3.63) is 52.5 Å². The van der Waals surface area contributed by atoms with Gasteiger partial charge in [-0.3, -0.25) is 19.4 Å². The summed E-state index contributed by atoms with van der Waals surface area (Å²) >= 11 is 0. The quantitative estimate of drug-likeness (QED) is 0.467. The molecule has 2 heterocycles. The first-order valence-corrected chi connectivity index (χ1v) is 6.43. The van der Waals surface area contributed by atoms with Gasteiger partial charge < -0.3 is 0 Å². The maximum atomic E-state index is 12.1. The van der Waals surface area contributed by atoms with Crippen LogP contribution in [0.1, 0.15) is 35.1 Å². The van der Waals surface area contributed by atoms with Crippen molar-refractivity contribution in [3.63, 3.8) is 0 Å². The summed E-state index contributed by atoms with van der Waals surface area (Å²) in [5, 5.41) is 0. The predicted octanol–water partition coefficient (Wildman–Crippen LogP) is 0.0315. The third-order valence-corrected chi connectivity index (χ3v) is 3.32. The lowest BCUT2D eigenvalue weighted by atomic mass is 10.3. The number of rotatable bonds is 4. The first kappa shape index (κ1) is 12.6. The molecule has 0 bridgehead atoms. The fraction of sp³-hybridized carbons (Fsp3) is 0.308. The van der Waals surface area contributed by atoms with Gasteiger partial charge in [0.05, 0.1) is 12.2 Å². The van der Waals surface area contributed by atoms with Crippen LogP contribution in [0.4, 0.5) is 0 Å². The van der Waals surface area contributed by atoms with Crippen LogP contribution in [0.15, 0.2) is 35.4 Å². The lowest BCUT2D eigenvalue weighted by Gasteiger charge is -2.04. The molecule has 0 radical (unpaired) electrons. The van der Waals surface area contributed by atoms with Gasteiger partial charge in [-0.15, -0.1) is 0 Å². The second-order valence-electron chi connectivity index (χ2n) is 4.83. The Kier molecular flexibility index (Phi) is 3.11. The van der Waals surface area contributed by atoms with Crippen molar-refractivity contribution in [1.29, 1.82) is 0 Å². The molecule has 3 rings (SSSR count). The lowest BCUT2D eigenvalue weighted by molar-refractivity contribution is 0.0948. The molecule has 0 unspecified atom stereocenters. The van der Waals surface area contributed by atoms with Crippen LogP contribution in [0.25, 0.3) is 0 Å². The van der Waals surface area contributed by atoms with Crippen molar-refractivity contribution in [3.8, 4) is 0 Å². The first-order chi connectivity index (χ1) is 9.69. The van der Waals surface area contributed by atoms with E-state index in [1.807, 2.05) is 5.43 Å². The number of nitrogens with one attached hydrogen (secondary N) is 1. The number of hydrogen-bond acceptors (Lipinski definition) is 4. The monoisotopic (exact) mass is 273 g/mol. The Hall–Kier alpha value is -2.41. The molecule has 1 aliphatic carbocycles.